The lowest BCUT2D eigenvalue weighted by Crippen LogP contribution is -2.53. The van der Waals surface area contributed by atoms with Crippen molar-refractivity contribution in [3.63, 3.8) is 0 Å². The molecule has 2 atom stereocenters. The van der Waals surface area contributed by atoms with Crippen LogP contribution in [0, 0.1) is 0 Å². The molecule has 1 aromatic carbocycles. The molecule has 1 heterocycles. The fourth-order valence-electron chi connectivity index (χ4n) is 2.71. The van der Waals surface area contributed by atoms with E-state index < -0.39 is 6.10 Å². The molecule has 1 saturated heterocycles. The van der Waals surface area contributed by atoms with E-state index in [0.717, 1.165) is 31.7 Å². The number of piperazine rings is 1. The molecule has 1 fully saturated rings. The monoisotopic (exact) mass is 291 g/mol. The Morgan fingerprint density at radius 2 is 1.86 bits per heavy atom. The zero-order valence-corrected chi connectivity index (χ0v) is 12.9. The summed E-state index contributed by atoms with van der Waals surface area (Å²) in [7, 11) is 1.59. The molecule has 2 N–H and O–H groups in total. The van der Waals surface area contributed by atoms with Gasteiger partial charge in [0.05, 0.1) is 0 Å². The van der Waals surface area contributed by atoms with E-state index in [-0.39, 0.29) is 5.91 Å². The molecule has 0 bridgehead atoms. The Balaban J connectivity index is 1.97. The van der Waals surface area contributed by atoms with Crippen LogP contribution in [0.15, 0.2) is 30.3 Å². The highest BCUT2D eigenvalue weighted by Gasteiger charge is 2.29. The van der Waals surface area contributed by atoms with E-state index in [0.29, 0.717) is 12.6 Å². The maximum atomic E-state index is 12.6. The lowest BCUT2D eigenvalue weighted by atomic mass is 10.1. The molecular weight excluding hydrogens is 266 g/mol. The normalized spacial score (nSPS) is 19.3. The Morgan fingerprint density at radius 3 is 2.38 bits per heavy atom. The van der Waals surface area contributed by atoms with Gasteiger partial charge in [-0.3, -0.25) is 9.69 Å². The summed E-state index contributed by atoms with van der Waals surface area (Å²) in [6.07, 6.45) is -0.510. The smallest absolute Gasteiger partial charge is 0.256 e. The van der Waals surface area contributed by atoms with Gasteiger partial charge in [-0.05, 0) is 12.5 Å². The van der Waals surface area contributed by atoms with Crippen LogP contribution in [0.3, 0.4) is 0 Å². The van der Waals surface area contributed by atoms with Crippen LogP contribution < -0.4 is 5.73 Å². The van der Waals surface area contributed by atoms with Gasteiger partial charge in [0.1, 0.15) is 0 Å². The quantitative estimate of drug-likeness (QED) is 0.874. The Bertz CT molecular complexity index is 444. The zero-order chi connectivity index (χ0) is 15.2. The molecule has 0 aromatic heterocycles. The highest BCUT2D eigenvalue weighted by Crippen LogP contribution is 2.20. The van der Waals surface area contributed by atoms with Crippen LogP contribution in [0.2, 0.25) is 0 Å². The van der Waals surface area contributed by atoms with Crippen molar-refractivity contribution in [2.24, 2.45) is 5.73 Å². The molecule has 116 valence electrons. The number of methoxy groups -OCH3 is 1. The van der Waals surface area contributed by atoms with Gasteiger partial charge < -0.3 is 15.4 Å². The number of nitrogens with two attached hydrogens (primary N) is 1. The summed E-state index contributed by atoms with van der Waals surface area (Å²) in [5.41, 5.74) is 6.61. The summed E-state index contributed by atoms with van der Waals surface area (Å²) in [5, 5.41) is 0. The molecule has 5 nitrogen and oxygen atoms in total. The molecule has 1 amide bonds. The van der Waals surface area contributed by atoms with Crippen LogP contribution in [-0.4, -0.2) is 61.6 Å². The van der Waals surface area contributed by atoms with Crippen molar-refractivity contribution in [3.8, 4) is 0 Å². The Hall–Kier alpha value is -1.43. The van der Waals surface area contributed by atoms with E-state index in [1.807, 2.05) is 35.2 Å². The van der Waals surface area contributed by atoms with Crippen molar-refractivity contribution in [1.82, 2.24) is 9.80 Å². The first kappa shape index (κ1) is 15.9. The minimum atomic E-state index is -0.510. The maximum Gasteiger partial charge on any atom is 0.256 e. The van der Waals surface area contributed by atoms with Crippen molar-refractivity contribution < 1.29 is 9.53 Å². The molecule has 0 spiro atoms. The van der Waals surface area contributed by atoms with Crippen molar-refractivity contribution in [1.29, 1.82) is 0 Å². The number of rotatable bonds is 5. The van der Waals surface area contributed by atoms with E-state index in [2.05, 4.69) is 11.8 Å². The largest absolute Gasteiger partial charge is 0.367 e. The lowest BCUT2D eigenvalue weighted by molar-refractivity contribution is -0.144. The average molecular weight is 291 g/mol. The fourth-order valence-corrected chi connectivity index (χ4v) is 2.71. The summed E-state index contributed by atoms with van der Waals surface area (Å²) < 4.78 is 5.42. The minimum absolute atomic E-state index is 0.0451. The van der Waals surface area contributed by atoms with E-state index in [1.54, 1.807) is 7.11 Å². The Kier molecular flexibility index (Phi) is 5.73. The molecule has 1 aliphatic heterocycles. The lowest BCUT2D eigenvalue weighted by Gasteiger charge is -2.38. The third-order valence-electron chi connectivity index (χ3n) is 4.15. The van der Waals surface area contributed by atoms with Gasteiger partial charge in [-0.2, -0.15) is 0 Å². The molecule has 0 saturated carbocycles. The molecular formula is C16H25N3O2. The van der Waals surface area contributed by atoms with Crippen LogP contribution in [0.1, 0.15) is 18.6 Å². The van der Waals surface area contributed by atoms with Crippen LogP contribution >= 0.6 is 0 Å². The van der Waals surface area contributed by atoms with Gasteiger partial charge in [0.2, 0.25) is 0 Å². The summed E-state index contributed by atoms with van der Waals surface area (Å²) in [5.74, 6) is 0.0451. The first-order chi connectivity index (χ1) is 10.2. The highest BCUT2D eigenvalue weighted by atomic mass is 16.5. The van der Waals surface area contributed by atoms with E-state index in [9.17, 15) is 4.79 Å². The first-order valence-corrected chi connectivity index (χ1v) is 7.48. The zero-order valence-electron chi connectivity index (χ0n) is 12.9. The molecule has 5 heteroatoms. The third-order valence-corrected chi connectivity index (χ3v) is 4.15. The number of nitrogens with zero attached hydrogens (tertiary/aromatic N) is 2. The van der Waals surface area contributed by atoms with E-state index >= 15 is 0 Å². The van der Waals surface area contributed by atoms with Gasteiger partial charge in [0, 0.05) is 45.9 Å². The molecule has 0 aliphatic carbocycles. The number of carbonyl (C=O) groups excluding carboxylic acids is 1. The van der Waals surface area contributed by atoms with Crippen LogP contribution in [-0.2, 0) is 9.53 Å². The molecule has 1 aromatic rings. The van der Waals surface area contributed by atoms with Gasteiger partial charge in [-0.1, -0.05) is 30.3 Å². The second-order valence-corrected chi connectivity index (χ2v) is 5.47. The van der Waals surface area contributed by atoms with Crippen LogP contribution in [0.25, 0.3) is 0 Å². The molecule has 2 rings (SSSR count). The fraction of sp³-hybridized carbons (Fsp3) is 0.562. The van der Waals surface area contributed by atoms with Crippen LogP contribution in [0.5, 0.6) is 0 Å². The van der Waals surface area contributed by atoms with Gasteiger partial charge in [-0.15, -0.1) is 0 Å². The van der Waals surface area contributed by atoms with E-state index in [4.69, 9.17) is 10.5 Å². The van der Waals surface area contributed by atoms with Crippen molar-refractivity contribution in [3.05, 3.63) is 35.9 Å². The Labute approximate surface area is 126 Å². The summed E-state index contributed by atoms with van der Waals surface area (Å²) >= 11 is 0. The minimum Gasteiger partial charge on any atom is -0.367 e. The van der Waals surface area contributed by atoms with Gasteiger partial charge in [0.15, 0.2) is 6.10 Å². The second-order valence-electron chi connectivity index (χ2n) is 5.47. The highest BCUT2D eigenvalue weighted by molar-refractivity contribution is 5.82. The standard InChI is InChI=1S/C16H25N3O2/c1-13(12-17)18-8-10-19(11-9-18)16(20)15(21-2)14-6-4-3-5-7-14/h3-7,13,15H,8-12,17H2,1-2H3. The SMILES string of the molecule is COC(C(=O)N1CCN(C(C)CN)CC1)c1ccccc1. The van der Waals surface area contributed by atoms with Gasteiger partial charge >= 0.3 is 0 Å². The topological polar surface area (TPSA) is 58.8 Å². The molecule has 21 heavy (non-hydrogen) atoms. The Morgan fingerprint density at radius 1 is 1.24 bits per heavy atom. The average Bonchev–Trinajstić information content (AvgIpc) is 2.56. The number of carbonyl (C=O) groups is 1. The van der Waals surface area contributed by atoms with Crippen molar-refractivity contribution >= 4 is 5.91 Å². The first-order valence-electron chi connectivity index (χ1n) is 7.48. The van der Waals surface area contributed by atoms with Gasteiger partial charge in [-0.25, -0.2) is 0 Å². The summed E-state index contributed by atoms with van der Waals surface area (Å²) in [4.78, 5) is 16.9. The number of hydrogen-bond acceptors (Lipinski definition) is 4. The van der Waals surface area contributed by atoms with Crippen molar-refractivity contribution in [2.45, 2.75) is 19.1 Å². The van der Waals surface area contributed by atoms with Crippen LogP contribution in [0.4, 0.5) is 0 Å². The number of hydrogen-bond donors (Lipinski definition) is 1. The van der Waals surface area contributed by atoms with Gasteiger partial charge in [0.25, 0.3) is 5.91 Å². The third kappa shape index (κ3) is 3.81. The molecule has 2 unspecified atom stereocenters. The summed E-state index contributed by atoms with van der Waals surface area (Å²) in [6, 6.07) is 10.0. The van der Waals surface area contributed by atoms with Crippen molar-refractivity contribution in [2.75, 3.05) is 39.8 Å². The van der Waals surface area contributed by atoms with E-state index in [1.165, 1.54) is 0 Å². The molecule has 0 radical (unpaired) electrons. The number of amides is 1. The second kappa shape index (κ2) is 7.54. The molecule has 1 aliphatic rings. The number of ether oxygens (including phenoxy) is 1. The predicted molar refractivity (Wildman–Crippen MR) is 82.9 cm³/mol. The maximum absolute atomic E-state index is 12.6. The predicted octanol–water partition coefficient (Wildman–Crippen LogP) is 0.866. The number of benzene rings is 1. The summed E-state index contributed by atoms with van der Waals surface area (Å²) in [6.45, 7) is 5.98.